The van der Waals surface area contributed by atoms with Crippen LogP contribution < -0.4 is 10.6 Å². The van der Waals surface area contributed by atoms with E-state index in [1.807, 2.05) is 0 Å². The lowest BCUT2D eigenvalue weighted by Gasteiger charge is -2.25. The number of anilines is 1. The first-order chi connectivity index (χ1) is 11.8. The zero-order chi connectivity index (χ0) is 18.2. The summed E-state index contributed by atoms with van der Waals surface area (Å²) in [6.07, 6.45) is 2.94. The largest absolute Gasteiger partial charge is 0.371 e. The molecule has 3 rings (SSSR count). The van der Waals surface area contributed by atoms with Gasteiger partial charge in [-0.25, -0.2) is 12.7 Å². The molecule has 0 bridgehead atoms. The normalized spacial score (nSPS) is 21.4. The van der Waals surface area contributed by atoms with E-state index in [-0.39, 0.29) is 16.8 Å². The number of nitrogens with zero attached hydrogens (tertiary/aromatic N) is 3. The number of nitrogens with two attached hydrogens (primary N) is 1. The maximum absolute atomic E-state index is 13.1. The number of carbonyl (C=O) groups excluding carboxylic acids is 1. The van der Waals surface area contributed by atoms with E-state index in [2.05, 4.69) is 4.90 Å². The molecule has 0 saturated carbocycles. The SMILES string of the molecule is CN(C)S(=O)(=O)c1ccc(N2CCCC2)c(C(=O)N2CC[C@@H](N)C2)c1. The molecule has 2 N–H and O–H groups in total. The van der Waals surface area contributed by atoms with Crippen molar-refractivity contribution in [1.82, 2.24) is 9.21 Å². The molecule has 2 aliphatic heterocycles. The van der Waals surface area contributed by atoms with Crippen LogP contribution in [0.5, 0.6) is 0 Å². The van der Waals surface area contributed by atoms with Gasteiger partial charge in [0.2, 0.25) is 10.0 Å². The highest BCUT2D eigenvalue weighted by molar-refractivity contribution is 7.89. The molecule has 0 unspecified atom stereocenters. The van der Waals surface area contributed by atoms with Crippen molar-refractivity contribution in [1.29, 1.82) is 0 Å². The Bertz CT molecular complexity index is 757. The summed E-state index contributed by atoms with van der Waals surface area (Å²) >= 11 is 0. The lowest BCUT2D eigenvalue weighted by molar-refractivity contribution is 0.0791. The zero-order valence-electron chi connectivity index (χ0n) is 14.8. The Labute approximate surface area is 149 Å². The maximum Gasteiger partial charge on any atom is 0.256 e. The summed E-state index contributed by atoms with van der Waals surface area (Å²) < 4.78 is 26.1. The van der Waals surface area contributed by atoms with Gasteiger partial charge in [0, 0.05) is 52.0 Å². The van der Waals surface area contributed by atoms with Gasteiger partial charge in [-0.15, -0.1) is 0 Å². The monoisotopic (exact) mass is 366 g/mol. The standard InChI is InChI=1S/C17H26N4O3S/c1-19(2)25(23,24)14-5-6-16(20-8-3-4-9-20)15(11-14)17(22)21-10-7-13(18)12-21/h5-6,11,13H,3-4,7-10,12,18H2,1-2H3/t13-/m1/s1. The Hall–Kier alpha value is -1.64. The summed E-state index contributed by atoms with van der Waals surface area (Å²) in [7, 11) is -0.607. The number of rotatable bonds is 4. The Morgan fingerprint density at radius 3 is 2.44 bits per heavy atom. The molecule has 1 aromatic rings. The second kappa shape index (κ2) is 6.93. The van der Waals surface area contributed by atoms with Crippen molar-refractivity contribution >= 4 is 21.6 Å². The molecular formula is C17H26N4O3S. The van der Waals surface area contributed by atoms with Crippen molar-refractivity contribution in [2.24, 2.45) is 5.73 Å². The molecular weight excluding hydrogens is 340 g/mol. The minimum Gasteiger partial charge on any atom is -0.371 e. The van der Waals surface area contributed by atoms with E-state index in [1.54, 1.807) is 17.0 Å². The number of hydrogen-bond acceptors (Lipinski definition) is 5. The van der Waals surface area contributed by atoms with E-state index in [0.29, 0.717) is 18.7 Å². The fourth-order valence-electron chi connectivity index (χ4n) is 3.43. The summed E-state index contributed by atoms with van der Waals surface area (Å²) in [6.45, 7) is 2.91. The van der Waals surface area contributed by atoms with Gasteiger partial charge in [-0.2, -0.15) is 0 Å². The van der Waals surface area contributed by atoms with Crippen LogP contribution in [0.1, 0.15) is 29.6 Å². The lowest BCUT2D eigenvalue weighted by Crippen LogP contribution is -2.33. The molecule has 138 valence electrons. The topological polar surface area (TPSA) is 87.0 Å². The Kier molecular flexibility index (Phi) is 5.04. The molecule has 7 nitrogen and oxygen atoms in total. The summed E-state index contributed by atoms with van der Waals surface area (Å²) in [5.41, 5.74) is 7.21. The number of benzene rings is 1. The third-order valence-corrected chi connectivity index (χ3v) is 6.75. The average Bonchev–Trinajstić information content (AvgIpc) is 3.25. The molecule has 0 aliphatic carbocycles. The Morgan fingerprint density at radius 1 is 1.20 bits per heavy atom. The molecule has 2 aliphatic rings. The summed E-state index contributed by atoms with van der Waals surface area (Å²) in [5.74, 6) is -0.134. The van der Waals surface area contributed by atoms with Crippen molar-refractivity contribution in [2.75, 3.05) is 45.2 Å². The molecule has 2 saturated heterocycles. The van der Waals surface area contributed by atoms with E-state index in [9.17, 15) is 13.2 Å². The highest BCUT2D eigenvalue weighted by atomic mass is 32.2. The van der Waals surface area contributed by atoms with Gasteiger partial charge in [0.15, 0.2) is 0 Å². The molecule has 2 heterocycles. The fraction of sp³-hybridized carbons (Fsp3) is 0.588. The van der Waals surface area contributed by atoms with Crippen LogP contribution in [0.25, 0.3) is 0 Å². The number of carbonyl (C=O) groups is 1. The van der Waals surface area contributed by atoms with Crippen molar-refractivity contribution in [2.45, 2.75) is 30.2 Å². The van der Waals surface area contributed by atoms with Gasteiger partial charge < -0.3 is 15.5 Å². The highest BCUT2D eigenvalue weighted by Gasteiger charge is 2.29. The first-order valence-electron chi connectivity index (χ1n) is 8.67. The molecule has 8 heteroatoms. The minimum absolute atomic E-state index is 0.00660. The van der Waals surface area contributed by atoms with E-state index in [0.717, 1.165) is 42.3 Å². The van der Waals surface area contributed by atoms with Crippen LogP contribution in [0.2, 0.25) is 0 Å². The van der Waals surface area contributed by atoms with Crippen LogP contribution in [0, 0.1) is 0 Å². The van der Waals surface area contributed by atoms with Gasteiger partial charge in [0.1, 0.15) is 0 Å². The Balaban J connectivity index is 2.03. The zero-order valence-corrected chi connectivity index (χ0v) is 15.6. The first-order valence-corrected chi connectivity index (χ1v) is 10.1. The molecule has 1 atom stereocenters. The van der Waals surface area contributed by atoms with Gasteiger partial charge >= 0.3 is 0 Å². The van der Waals surface area contributed by atoms with Gasteiger partial charge in [0.25, 0.3) is 5.91 Å². The predicted molar refractivity (Wildman–Crippen MR) is 97.3 cm³/mol. The van der Waals surface area contributed by atoms with Crippen molar-refractivity contribution < 1.29 is 13.2 Å². The van der Waals surface area contributed by atoms with Gasteiger partial charge in [-0.05, 0) is 37.5 Å². The van der Waals surface area contributed by atoms with Crippen LogP contribution >= 0.6 is 0 Å². The summed E-state index contributed by atoms with van der Waals surface area (Å²) in [4.78, 5) is 17.1. The quantitative estimate of drug-likeness (QED) is 0.848. The first kappa shape index (κ1) is 18.2. The van der Waals surface area contributed by atoms with E-state index >= 15 is 0 Å². The van der Waals surface area contributed by atoms with Crippen LogP contribution in [0.4, 0.5) is 5.69 Å². The maximum atomic E-state index is 13.1. The molecule has 0 spiro atoms. The highest BCUT2D eigenvalue weighted by Crippen LogP contribution is 2.29. The lowest BCUT2D eigenvalue weighted by atomic mass is 10.1. The summed E-state index contributed by atoms with van der Waals surface area (Å²) in [5, 5.41) is 0. The molecule has 0 aromatic heterocycles. The molecule has 0 radical (unpaired) electrons. The van der Waals surface area contributed by atoms with E-state index in [4.69, 9.17) is 5.73 Å². The summed E-state index contributed by atoms with van der Waals surface area (Å²) in [6, 6.07) is 4.88. The number of likely N-dealkylation sites (tertiary alicyclic amines) is 1. The number of amides is 1. The van der Waals surface area contributed by atoms with Crippen molar-refractivity contribution in [3.05, 3.63) is 23.8 Å². The van der Waals surface area contributed by atoms with Crippen LogP contribution in [0.3, 0.4) is 0 Å². The van der Waals surface area contributed by atoms with Crippen LogP contribution in [-0.2, 0) is 10.0 Å². The smallest absolute Gasteiger partial charge is 0.256 e. The molecule has 2 fully saturated rings. The third-order valence-electron chi connectivity index (χ3n) is 4.94. The average molecular weight is 366 g/mol. The van der Waals surface area contributed by atoms with E-state index < -0.39 is 10.0 Å². The van der Waals surface area contributed by atoms with Crippen LogP contribution in [0.15, 0.2) is 23.1 Å². The van der Waals surface area contributed by atoms with Gasteiger partial charge in [-0.3, -0.25) is 4.79 Å². The fourth-order valence-corrected chi connectivity index (χ4v) is 4.36. The molecule has 1 amide bonds. The number of hydrogen-bond donors (Lipinski definition) is 1. The second-order valence-electron chi connectivity index (χ2n) is 6.96. The van der Waals surface area contributed by atoms with Crippen LogP contribution in [-0.4, -0.2) is 69.8 Å². The van der Waals surface area contributed by atoms with E-state index in [1.165, 1.54) is 20.2 Å². The molecule has 25 heavy (non-hydrogen) atoms. The Morgan fingerprint density at radius 2 is 1.88 bits per heavy atom. The molecule has 1 aromatic carbocycles. The third kappa shape index (κ3) is 3.51. The van der Waals surface area contributed by atoms with Crippen molar-refractivity contribution in [3.8, 4) is 0 Å². The predicted octanol–water partition coefficient (Wildman–Crippen LogP) is 0.710. The minimum atomic E-state index is -3.59. The van der Waals surface area contributed by atoms with Gasteiger partial charge in [-0.1, -0.05) is 0 Å². The second-order valence-corrected chi connectivity index (χ2v) is 9.11. The van der Waals surface area contributed by atoms with Gasteiger partial charge in [0.05, 0.1) is 10.5 Å². The number of sulfonamides is 1. The van der Waals surface area contributed by atoms with Crippen molar-refractivity contribution in [3.63, 3.8) is 0 Å².